The van der Waals surface area contributed by atoms with E-state index < -0.39 is 0 Å². The average molecular weight is 417 g/mol. The van der Waals surface area contributed by atoms with Crippen LogP contribution in [-0.4, -0.2) is 52.7 Å². The molecule has 0 spiro atoms. The molecule has 0 radical (unpaired) electrons. The van der Waals surface area contributed by atoms with E-state index in [4.69, 9.17) is 0 Å². The smallest absolute Gasteiger partial charge is 0.348 e. The number of allylic oxidation sites excluding steroid dienone is 4. The molecule has 7 nitrogen and oxygen atoms in total. The van der Waals surface area contributed by atoms with Crippen LogP contribution >= 0.6 is 0 Å². The summed E-state index contributed by atoms with van der Waals surface area (Å²) in [5, 5.41) is 4.18. The lowest BCUT2D eigenvalue weighted by molar-refractivity contribution is 0.313. The Morgan fingerprint density at radius 1 is 1.03 bits per heavy atom. The molecule has 4 rings (SSSR count). The Kier molecular flexibility index (Phi) is 6.43. The van der Waals surface area contributed by atoms with Crippen molar-refractivity contribution < 1.29 is 0 Å². The fourth-order valence-corrected chi connectivity index (χ4v) is 3.65. The van der Waals surface area contributed by atoms with Gasteiger partial charge in [-0.1, -0.05) is 24.3 Å². The largest absolute Gasteiger partial charge is 0.369 e. The molecule has 2 aromatic heterocycles. The standard InChI is InChI=1S/C24H28N6O/c1-3-4-5-6-11-30-22-16-23(25-17-19(22)18-26-24(30)31)27-20-7-9-21(10-8-20)29-14-12-28(2)13-15-29/h3-10,16-18H,11-15H2,1-2H3,(H,25,27)/b4-3+,6-5+. The minimum absolute atomic E-state index is 0.272. The van der Waals surface area contributed by atoms with Crippen LogP contribution in [0.4, 0.5) is 17.2 Å². The molecule has 31 heavy (non-hydrogen) atoms. The Labute approximate surface area is 182 Å². The van der Waals surface area contributed by atoms with E-state index in [1.807, 2.05) is 37.3 Å². The second-order valence-corrected chi connectivity index (χ2v) is 7.70. The third-order valence-electron chi connectivity index (χ3n) is 5.48. The van der Waals surface area contributed by atoms with Crippen molar-refractivity contribution in [2.24, 2.45) is 0 Å². The van der Waals surface area contributed by atoms with Crippen LogP contribution in [0.1, 0.15) is 6.92 Å². The molecule has 1 fully saturated rings. The minimum atomic E-state index is -0.272. The maximum atomic E-state index is 12.3. The van der Waals surface area contributed by atoms with Crippen LogP contribution in [0.5, 0.6) is 0 Å². The van der Waals surface area contributed by atoms with Crippen LogP contribution in [0.15, 0.2) is 71.8 Å². The van der Waals surface area contributed by atoms with Crippen molar-refractivity contribution in [1.29, 1.82) is 0 Å². The van der Waals surface area contributed by atoms with Crippen LogP contribution in [-0.2, 0) is 6.54 Å². The van der Waals surface area contributed by atoms with Gasteiger partial charge in [0.1, 0.15) is 5.82 Å². The molecular formula is C24H28N6O. The summed E-state index contributed by atoms with van der Waals surface area (Å²) in [5.41, 5.74) is 2.72. The van der Waals surface area contributed by atoms with Crippen molar-refractivity contribution in [3.8, 4) is 0 Å². The molecule has 160 valence electrons. The highest BCUT2D eigenvalue weighted by Gasteiger charge is 2.14. The Bertz CT molecular complexity index is 1140. The average Bonchev–Trinajstić information content (AvgIpc) is 2.79. The van der Waals surface area contributed by atoms with Crippen LogP contribution in [0.3, 0.4) is 0 Å². The van der Waals surface area contributed by atoms with E-state index >= 15 is 0 Å². The molecule has 0 atom stereocenters. The number of fused-ring (bicyclic) bond motifs is 1. The molecule has 0 saturated carbocycles. The number of aromatic nitrogens is 3. The number of likely N-dealkylation sites (N-methyl/N-ethyl adjacent to an activating group) is 1. The number of hydrogen-bond acceptors (Lipinski definition) is 6. The highest BCUT2D eigenvalue weighted by atomic mass is 16.1. The van der Waals surface area contributed by atoms with E-state index in [0.29, 0.717) is 12.4 Å². The molecule has 3 heterocycles. The number of nitrogens with one attached hydrogen (secondary N) is 1. The Morgan fingerprint density at radius 3 is 2.52 bits per heavy atom. The van der Waals surface area contributed by atoms with Gasteiger partial charge < -0.3 is 15.1 Å². The van der Waals surface area contributed by atoms with Gasteiger partial charge in [0.25, 0.3) is 0 Å². The minimum Gasteiger partial charge on any atom is -0.369 e. The van der Waals surface area contributed by atoms with Gasteiger partial charge in [-0.15, -0.1) is 0 Å². The zero-order valence-electron chi connectivity index (χ0n) is 18.0. The van der Waals surface area contributed by atoms with Gasteiger partial charge in [-0.05, 0) is 38.2 Å². The fraction of sp³-hybridized carbons (Fsp3) is 0.292. The summed E-state index contributed by atoms with van der Waals surface area (Å²) < 4.78 is 1.65. The summed E-state index contributed by atoms with van der Waals surface area (Å²) >= 11 is 0. The van der Waals surface area contributed by atoms with Crippen molar-refractivity contribution in [2.75, 3.05) is 43.4 Å². The summed E-state index contributed by atoms with van der Waals surface area (Å²) in [6.45, 7) is 6.67. The Balaban J connectivity index is 1.53. The number of nitrogens with zero attached hydrogens (tertiary/aromatic N) is 5. The normalized spacial score (nSPS) is 15.4. The molecule has 1 aromatic carbocycles. The van der Waals surface area contributed by atoms with Crippen LogP contribution < -0.4 is 15.9 Å². The first-order valence-electron chi connectivity index (χ1n) is 10.6. The number of anilines is 3. The SMILES string of the molecule is C/C=C/C=C/Cn1c(=O)ncc2cnc(Nc3ccc(N4CCN(C)CC4)cc3)cc21. The number of benzene rings is 1. The van der Waals surface area contributed by atoms with Crippen molar-refractivity contribution in [1.82, 2.24) is 19.4 Å². The first-order valence-corrected chi connectivity index (χ1v) is 10.6. The lowest BCUT2D eigenvalue weighted by Crippen LogP contribution is -2.44. The summed E-state index contributed by atoms with van der Waals surface area (Å²) in [6, 6.07) is 10.3. The predicted molar refractivity (Wildman–Crippen MR) is 127 cm³/mol. The van der Waals surface area contributed by atoms with Gasteiger partial charge in [-0.2, -0.15) is 0 Å². The van der Waals surface area contributed by atoms with Crippen LogP contribution in [0.25, 0.3) is 10.9 Å². The highest BCUT2D eigenvalue weighted by Crippen LogP contribution is 2.23. The summed E-state index contributed by atoms with van der Waals surface area (Å²) in [7, 11) is 2.16. The van der Waals surface area contributed by atoms with Crippen LogP contribution in [0, 0.1) is 0 Å². The van der Waals surface area contributed by atoms with E-state index in [1.165, 1.54) is 5.69 Å². The number of rotatable bonds is 6. The van der Waals surface area contributed by atoms with E-state index in [2.05, 4.69) is 56.4 Å². The second kappa shape index (κ2) is 9.57. The lowest BCUT2D eigenvalue weighted by atomic mass is 10.2. The van der Waals surface area contributed by atoms with Gasteiger partial charge in [0, 0.05) is 67.9 Å². The van der Waals surface area contributed by atoms with Gasteiger partial charge in [-0.3, -0.25) is 4.57 Å². The number of pyridine rings is 1. The van der Waals surface area contributed by atoms with Crippen molar-refractivity contribution >= 4 is 28.1 Å². The summed E-state index contributed by atoms with van der Waals surface area (Å²) in [6.07, 6.45) is 11.1. The van der Waals surface area contributed by atoms with Gasteiger partial charge >= 0.3 is 5.69 Å². The molecule has 1 aliphatic rings. The monoisotopic (exact) mass is 416 g/mol. The van der Waals surface area contributed by atoms with E-state index in [-0.39, 0.29) is 5.69 Å². The number of piperazine rings is 1. The maximum Gasteiger partial charge on any atom is 0.348 e. The van der Waals surface area contributed by atoms with Gasteiger partial charge in [-0.25, -0.2) is 14.8 Å². The molecule has 0 bridgehead atoms. The Hall–Kier alpha value is -3.45. The fourth-order valence-electron chi connectivity index (χ4n) is 3.65. The zero-order valence-corrected chi connectivity index (χ0v) is 18.0. The molecule has 0 unspecified atom stereocenters. The second-order valence-electron chi connectivity index (χ2n) is 7.70. The van der Waals surface area contributed by atoms with Crippen LogP contribution in [0.2, 0.25) is 0 Å². The van der Waals surface area contributed by atoms with E-state index in [0.717, 1.165) is 42.8 Å². The number of hydrogen-bond donors (Lipinski definition) is 1. The summed E-state index contributed by atoms with van der Waals surface area (Å²) in [4.78, 5) is 25.5. The van der Waals surface area contributed by atoms with Crippen molar-refractivity contribution in [3.05, 3.63) is 77.5 Å². The molecule has 0 amide bonds. The predicted octanol–water partition coefficient (Wildman–Crippen LogP) is 3.42. The molecule has 3 aromatic rings. The van der Waals surface area contributed by atoms with Crippen molar-refractivity contribution in [2.45, 2.75) is 13.5 Å². The van der Waals surface area contributed by atoms with E-state index in [1.54, 1.807) is 17.0 Å². The molecule has 7 heteroatoms. The van der Waals surface area contributed by atoms with Gasteiger partial charge in [0.2, 0.25) is 0 Å². The highest BCUT2D eigenvalue weighted by molar-refractivity contribution is 5.80. The van der Waals surface area contributed by atoms with E-state index in [9.17, 15) is 4.79 Å². The first-order chi connectivity index (χ1) is 15.1. The topological polar surface area (TPSA) is 66.3 Å². The van der Waals surface area contributed by atoms with Crippen molar-refractivity contribution in [3.63, 3.8) is 0 Å². The Morgan fingerprint density at radius 2 is 1.77 bits per heavy atom. The maximum absolute atomic E-state index is 12.3. The third kappa shape index (κ3) is 5.00. The molecule has 0 aliphatic carbocycles. The lowest BCUT2D eigenvalue weighted by Gasteiger charge is -2.34. The quantitative estimate of drug-likeness (QED) is 0.621. The summed E-state index contributed by atoms with van der Waals surface area (Å²) in [5.74, 6) is 0.691. The molecular weight excluding hydrogens is 388 g/mol. The van der Waals surface area contributed by atoms with Gasteiger partial charge in [0.15, 0.2) is 0 Å². The zero-order chi connectivity index (χ0) is 21.6. The first kappa shape index (κ1) is 20.8. The van der Waals surface area contributed by atoms with Gasteiger partial charge in [0.05, 0.1) is 5.52 Å². The molecule has 1 aliphatic heterocycles. The third-order valence-corrected chi connectivity index (χ3v) is 5.48. The molecule has 1 N–H and O–H groups in total. The molecule has 1 saturated heterocycles.